The molecule has 0 spiro atoms. The van der Waals surface area contributed by atoms with Crippen molar-refractivity contribution in [1.29, 1.82) is 0 Å². The Bertz CT molecular complexity index is 1070. The van der Waals surface area contributed by atoms with Crippen molar-refractivity contribution in [1.82, 2.24) is 4.98 Å². The molecule has 0 unspecified atom stereocenters. The molecule has 130 valence electrons. The van der Waals surface area contributed by atoms with Gasteiger partial charge in [0.05, 0.1) is 6.26 Å². The van der Waals surface area contributed by atoms with Crippen molar-refractivity contribution in [2.75, 3.05) is 5.32 Å². The van der Waals surface area contributed by atoms with Crippen LogP contribution in [-0.2, 0) is 0 Å². The highest BCUT2D eigenvalue weighted by Gasteiger charge is 2.14. The SMILES string of the molecule is Cc1cc2nc(-c3ccc(C)c(NC(=O)c4ccco4)c3)oc2cc1C. The Morgan fingerprint density at radius 3 is 2.58 bits per heavy atom. The van der Waals surface area contributed by atoms with Gasteiger partial charge in [0.1, 0.15) is 5.52 Å². The number of aromatic nitrogens is 1. The second-order valence-corrected chi connectivity index (χ2v) is 6.38. The van der Waals surface area contributed by atoms with Crippen molar-refractivity contribution >= 4 is 22.7 Å². The van der Waals surface area contributed by atoms with Gasteiger partial charge in [0.25, 0.3) is 5.91 Å². The minimum Gasteiger partial charge on any atom is -0.459 e. The second-order valence-electron chi connectivity index (χ2n) is 6.38. The Labute approximate surface area is 150 Å². The van der Waals surface area contributed by atoms with Gasteiger partial charge in [-0.15, -0.1) is 0 Å². The number of aryl methyl sites for hydroxylation is 3. The fraction of sp³-hybridized carbons (Fsp3) is 0.143. The summed E-state index contributed by atoms with van der Waals surface area (Å²) in [6.07, 6.45) is 1.47. The van der Waals surface area contributed by atoms with E-state index in [9.17, 15) is 4.79 Å². The van der Waals surface area contributed by atoms with Crippen LogP contribution in [0.3, 0.4) is 0 Å². The molecule has 4 rings (SSSR count). The Kier molecular flexibility index (Phi) is 3.84. The zero-order valence-electron chi connectivity index (χ0n) is 14.8. The van der Waals surface area contributed by atoms with Crippen molar-refractivity contribution in [2.24, 2.45) is 0 Å². The van der Waals surface area contributed by atoms with E-state index < -0.39 is 0 Å². The molecule has 0 aliphatic carbocycles. The minimum atomic E-state index is -0.293. The van der Waals surface area contributed by atoms with Gasteiger partial charge in [0, 0.05) is 11.3 Å². The zero-order chi connectivity index (χ0) is 18.3. The third-order valence-corrected chi connectivity index (χ3v) is 4.48. The van der Waals surface area contributed by atoms with Crippen LogP contribution in [0, 0.1) is 20.8 Å². The second kappa shape index (κ2) is 6.19. The summed E-state index contributed by atoms with van der Waals surface area (Å²) in [4.78, 5) is 16.8. The Morgan fingerprint density at radius 2 is 1.81 bits per heavy atom. The third kappa shape index (κ3) is 2.88. The first-order valence-electron chi connectivity index (χ1n) is 8.35. The van der Waals surface area contributed by atoms with Crippen LogP contribution in [0.15, 0.2) is 57.6 Å². The van der Waals surface area contributed by atoms with Gasteiger partial charge < -0.3 is 14.2 Å². The number of benzene rings is 2. The van der Waals surface area contributed by atoms with Gasteiger partial charge in [0.15, 0.2) is 11.3 Å². The Balaban J connectivity index is 1.70. The minimum absolute atomic E-state index is 0.266. The molecule has 0 aliphatic rings. The van der Waals surface area contributed by atoms with E-state index in [0.717, 1.165) is 27.8 Å². The number of nitrogens with zero attached hydrogens (tertiary/aromatic N) is 1. The number of furan rings is 1. The smallest absolute Gasteiger partial charge is 0.291 e. The van der Waals surface area contributed by atoms with Crippen molar-refractivity contribution in [3.05, 3.63) is 71.2 Å². The number of rotatable bonds is 3. The molecule has 0 saturated heterocycles. The number of anilines is 1. The van der Waals surface area contributed by atoms with E-state index in [-0.39, 0.29) is 11.7 Å². The van der Waals surface area contributed by atoms with Crippen molar-refractivity contribution in [3.8, 4) is 11.5 Å². The van der Waals surface area contributed by atoms with E-state index in [4.69, 9.17) is 8.83 Å². The molecule has 0 aliphatic heterocycles. The van der Waals surface area contributed by atoms with Gasteiger partial charge in [-0.2, -0.15) is 0 Å². The van der Waals surface area contributed by atoms with Crippen molar-refractivity contribution in [3.63, 3.8) is 0 Å². The van der Waals surface area contributed by atoms with Gasteiger partial charge >= 0.3 is 0 Å². The normalized spacial score (nSPS) is 11.0. The van der Waals surface area contributed by atoms with Gasteiger partial charge in [-0.05, 0) is 73.9 Å². The number of carbonyl (C=O) groups excluding carboxylic acids is 1. The van der Waals surface area contributed by atoms with E-state index in [0.29, 0.717) is 11.6 Å². The lowest BCUT2D eigenvalue weighted by atomic mass is 10.1. The van der Waals surface area contributed by atoms with Crippen LogP contribution in [0.2, 0.25) is 0 Å². The predicted octanol–water partition coefficient (Wildman–Crippen LogP) is 5.27. The molecule has 0 bridgehead atoms. The van der Waals surface area contributed by atoms with Gasteiger partial charge in [-0.1, -0.05) is 6.07 Å². The molecular formula is C21H18N2O3. The van der Waals surface area contributed by atoms with E-state index in [1.165, 1.54) is 11.8 Å². The highest BCUT2D eigenvalue weighted by atomic mass is 16.3. The maximum absolute atomic E-state index is 12.2. The van der Waals surface area contributed by atoms with Crippen LogP contribution in [0.25, 0.3) is 22.6 Å². The lowest BCUT2D eigenvalue weighted by molar-refractivity contribution is 0.0996. The van der Waals surface area contributed by atoms with E-state index in [1.807, 2.05) is 44.2 Å². The number of fused-ring (bicyclic) bond motifs is 1. The highest BCUT2D eigenvalue weighted by Crippen LogP contribution is 2.29. The van der Waals surface area contributed by atoms with E-state index >= 15 is 0 Å². The summed E-state index contributed by atoms with van der Waals surface area (Å²) >= 11 is 0. The number of hydrogen-bond acceptors (Lipinski definition) is 4. The molecule has 0 radical (unpaired) electrons. The third-order valence-electron chi connectivity index (χ3n) is 4.48. The molecule has 0 fully saturated rings. The number of oxazole rings is 1. The predicted molar refractivity (Wildman–Crippen MR) is 100 cm³/mol. The lowest BCUT2D eigenvalue weighted by Crippen LogP contribution is -2.11. The molecular weight excluding hydrogens is 328 g/mol. The van der Waals surface area contributed by atoms with Crippen LogP contribution < -0.4 is 5.32 Å². The highest BCUT2D eigenvalue weighted by molar-refractivity contribution is 6.03. The number of nitrogens with one attached hydrogen (secondary N) is 1. The maximum Gasteiger partial charge on any atom is 0.291 e. The van der Waals surface area contributed by atoms with E-state index in [2.05, 4.69) is 17.2 Å². The summed E-state index contributed by atoms with van der Waals surface area (Å²) in [7, 11) is 0. The number of amides is 1. The molecule has 1 N–H and O–H groups in total. The Morgan fingerprint density at radius 1 is 1.00 bits per heavy atom. The summed E-state index contributed by atoms with van der Waals surface area (Å²) in [6, 6.07) is 13.0. The molecule has 0 atom stereocenters. The summed E-state index contributed by atoms with van der Waals surface area (Å²) in [5.74, 6) is 0.500. The molecule has 5 nitrogen and oxygen atoms in total. The zero-order valence-corrected chi connectivity index (χ0v) is 14.8. The van der Waals surface area contributed by atoms with Gasteiger partial charge in [-0.3, -0.25) is 4.79 Å². The molecule has 2 aromatic carbocycles. The first kappa shape index (κ1) is 16.1. The van der Waals surface area contributed by atoms with Crippen molar-refractivity contribution in [2.45, 2.75) is 20.8 Å². The molecule has 26 heavy (non-hydrogen) atoms. The number of hydrogen-bond donors (Lipinski definition) is 1. The van der Waals surface area contributed by atoms with Crippen LogP contribution in [0.4, 0.5) is 5.69 Å². The average molecular weight is 346 g/mol. The van der Waals surface area contributed by atoms with Crippen LogP contribution in [0.5, 0.6) is 0 Å². The quantitative estimate of drug-likeness (QED) is 0.549. The van der Waals surface area contributed by atoms with Crippen LogP contribution >= 0.6 is 0 Å². The fourth-order valence-electron chi connectivity index (χ4n) is 2.78. The monoisotopic (exact) mass is 346 g/mol. The summed E-state index contributed by atoms with van der Waals surface area (Å²) in [5, 5.41) is 2.87. The summed E-state index contributed by atoms with van der Waals surface area (Å²) < 4.78 is 11.1. The van der Waals surface area contributed by atoms with Gasteiger partial charge in [0.2, 0.25) is 5.89 Å². The van der Waals surface area contributed by atoms with Crippen molar-refractivity contribution < 1.29 is 13.6 Å². The molecule has 4 aromatic rings. The van der Waals surface area contributed by atoms with Gasteiger partial charge in [-0.25, -0.2) is 4.98 Å². The van der Waals surface area contributed by atoms with Crippen LogP contribution in [0.1, 0.15) is 27.2 Å². The maximum atomic E-state index is 12.2. The first-order valence-corrected chi connectivity index (χ1v) is 8.35. The molecule has 2 heterocycles. The topological polar surface area (TPSA) is 68.3 Å². The molecule has 1 amide bonds. The fourth-order valence-corrected chi connectivity index (χ4v) is 2.78. The average Bonchev–Trinajstić information content (AvgIpc) is 3.27. The molecule has 0 saturated carbocycles. The summed E-state index contributed by atoms with van der Waals surface area (Å²) in [6.45, 7) is 6.03. The first-order chi connectivity index (χ1) is 12.5. The molecule has 2 aromatic heterocycles. The summed E-state index contributed by atoms with van der Waals surface area (Å²) in [5.41, 5.74) is 6.35. The number of carbonyl (C=O) groups is 1. The largest absolute Gasteiger partial charge is 0.459 e. The van der Waals surface area contributed by atoms with Crippen LogP contribution in [-0.4, -0.2) is 10.9 Å². The van der Waals surface area contributed by atoms with E-state index in [1.54, 1.807) is 12.1 Å². The molecule has 5 heteroatoms. The Hall–Kier alpha value is -3.34. The standard InChI is InChI=1S/C21H18N2O3/c1-12-6-7-15(11-16(12)22-20(24)18-5-4-8-25-18)21-23-17-9-13(2)14(3)10-19(17)26-21/h4-11H,1-3H3,(H,22,24). The lowest BCUT2D eigenvalue weighted by Gasteiger charge is -2.08.